The smallest absolute Gasteiger partial charge is 0.306 e. The van der Waals surface area contributed by atoms with Gasteiger partial charge < -0.3 is 10.4 Å². The lowest BCUT2D eigenvalue weighted by Crippen LogP contribution is -2.30. The maximum atomic E-state index is 10.6. The second-order valence-electron chi connectivity index (χ2n) is 3.54. The molecule has 12 heavy (non-hydrogen) atoms. The van der Waals surface area contributed by atoms with E-state index in [4.69, 9.17) is 5.11 Å². The minimum atomic E-state index is -0.681. The van der Waals surface area contributed by atoms with E-state index in [0.29, 0.717) is 6.42 Å². The van der Waals surface area contributed by atoms with Crippen LogP contribution in [0.4, 0.5) is 0 Å². The molecule has 0 aromatic carbocycles. The Morgan fingerprint density at radius 3 is 3.00 bits per heavy atom. The molecule has 0 aromatic rings. The van der Waals surface area contributed by atoms with Gasteiger partial charge in [0.25, 0.3) is 0 Å². The third-order valence-electron chi connectivity index (χ3n) is 2.63. The van der Waals surface area contributed by atoms with Crippen LogP contribution in [-0.4, -0.2) is 29.0 Å². The SMILES string of the molecule is CC1=NC2CC(C(=O)O)CC2N1. The van der Waals surface area contributed by atoms with Crippen molar-refractivity contribution in [2.45, 2.75) is 31.8 Å². The predicted molar refractivity (Wildman–Crippen MR) is 44.2 cm³/mol. The number of carbonyl (C=O) groups is 1. The van der Waals surface area contributed by atoms with Crippen LogP contribution in [0.3, 0.4) is 0 Å². The maximum absolute atomic E-state index is 10.6. The van der Waals surface area contributed by atoms with Crippen molar-refractivity contribution < 1.29 is 9.90 Å². The van der Waals surface area contributed by atoms with E-state index < -0.39 is 5.97 Å². The van der Waals surface area contributed by atoms with Crippen LogP contribution in [0.25, 0.3) is 0 Å². The first kappa shape index (κ1) is 7.58. The zero-order valence-corrected chi connectivity index (χ0v) is 6.95. The summed E-state index contributed by atoms with van der Waals surface area (Å²) < 4.78 is 0. The summed E-state index contributed by atoms with van der Waals surface area (Å²) in [5.41, 5.74) is 0. The average Bonchev–Trinajstić information content (AvgIpc) is 2.42. The molecule has 1 aliphatic carbocycles. The van der Waals surface area contributed by atoms with E-state index in [2.05, 4.69) is 10.3 Å². The van der Waals surface area contributed by atoms with Gasteiger partial charge in [-0.2, -0.15) is 0 Å². The third kappa shape index (κ3) is 1.07. The topological polar surface area (TPSA) is 61.7 Å². The predicted octanol–water partition coefficient (Wildman–Crippen LogP) is 0.240. The Hall–Kier alpha value is -1.06. The molecule has 1 heterocycles. The number of amidine groups is 1. The maximum Gasteiger partial charge on any atom is 0.306 e. The molecule has 0 saturated heterocycles. The fourth-order valence-electron chi connectivity index (χ4n) is 2.07. The zero-order valence-electron chi connectivity index (χ0n) is 6.95. The molecule has 0 amide bonds. The molecule has 3 unspecified atom stereocenters. The Morgan fingerprint density at radius 2 is 2.42 bits per heavy atom. The van der Waals surface area contributed by atoms with Gasteiger partial charge in [-0.15, -0.1) is 0 Å². The first-order chi connectivity index (χ1) is 5.66. The second kappa shape index (κ2) is 2.47. The van der Waals surface area contributed by atoms with Crippen molar-refractivity contribution in [2.75, 3.05) is 0 Å². The Kier molecular flexibility index (Phi) is 1.56. The van der Waals surface area contributed by atoms with Crippen LogP contribution in [0.2, 0.25) is 0 Å². The molecule has 0 bridgehead atoms. The van der Waals surface area contributed by atoms with Crippen molar-refractivity contribution in [1.82, 2.24) is 5.32 Å². The normalized spacial score (nSPS) is 38.8. The van der Waals surface area contributed by atoms with Gasteiger partial charge in [-0.3, -0.25) is 9.79 Å². The number of hydrogen-bond donors (Lipinski definition) is 2. The number of rotatable bonds is 1. The van der Waals surface area contributed by atoms with Crippen molar-refractivity contribution in [3.8, 4) is 0 Å². The molecule has 4 heteroatoms. The Balaban J connectivity index is 2.05. The largest absolute Gasteiger partial charge is 0.481 e. The van der Waals surface area contributed by atoms with Gasteiger partial charge in [0, 0.05) is 0 Å². The molecular formula is C8H12N2O2. The summed E-state index contributed by atoms with van der Waals surface area (Å²) in [6.07, 6.45) is 1.42. The number of carboxylic acid groups (broad SMARTS) is 1. The number of nitrogens with one attached hydrogen (secondary N) is 1. The molecule has 0 aromatic heterocycles. The minimum absolute atomic E-state index is 0.190. The number of carboxylic acids is 1. The van der Waals surface area contributed by atoms with E-state index >= 15 is 0 Å². The van der Waals surface area contributed by atoms with Crippen molar-refractivity contribution >= 4 is 11.8 Å². The van der Waals surface area contributed by atoms with Crippen molar-refractivity contribution in [3.05, 3.63) is 0 Å². The van der Waals surface area contributed by atoms with Gasteiger partial charge in [-0.05, 0) is 19.8 Å². The van der Waals surface area contributed by atoms with Crippen LogP contribution in [0.15, 0.2) is 4.99 Å². The number of hydrogen-bond acceptors (Lipinski definition) is 3. The van der Waals surface area contributed by atoms with Crippen LogP contribution in [0.5, 0.6) is 0 Å². The highest BCUT2D eigenvalue weighted by Gasteiger charge is 2.40. The number of nitrogens with zero attached hydrogens (tertiary/aromatic N) is 1. The van der Waals surface area contributed by atoms with Crippen LogP contribution in [-0.2, 0) is 4.79 Å². The van der Waals surface area contributed by atoms with E-state index in [0.717, 1.165) is 12.3 Å². The van der Waals surface area contributed by atoms with Crippen LogP contribution < -0.4 is 5.32 Å². The second-order valence-corrected chi connectivity index (χ2v) is 3.54. The van der Waals surface area contributed by atoms with Crippen molar-refractivity contribution in [1.29, 1.82) is 0 Å². The van der Waals surface area contributed by atoms with E-state index in [1.165, 1.54) is 0 Å². The van der Waals surface area contributed by atoms with Gasteiger partial charge >= 0.3 is 5.97 Å². The number of aliphatic imine (C=N–C) groups is 1. The molecule has 1 fully saturated rings. The van der Waals surface area contributed by atoms with E-state index in [-0.39, 0.29) is 18.0 Å². The first-order valence-corrected chi connectivity index (χ1v) is 4.20. The number of aliphatic carboxylic acids is 1. The Labute approximate surface area is 70.7 Å². The quantitative estimate of drug-likeness (QED) is 0.589. The van der Waals surface area contributed by atoms with Gasteiger partial charge in [0.15, 0.2) is 0 Å². The standard InChI is InChI=1S/C8H12N2O2/c1-4-9-6-2-5(8(11)12)3-7(6)10-4/h5-7H,2-3H2,1H3,(H,9,10)(H,11,12). The molecule has 1 saturated carbocycles. The molecule has 2 aliphatic rings. The van der Waals surface area contributed by atoms with Gasteiger partial charge in [0.2, 0.25) is 0 Å². The Morgan fingerprint density at radius 1 is 1.67 bits per heavy atom. The van der Waals surface area contributed by atoms with Gasteiger partial charge in [0.05, 0.1) is 23.8 Å². The molecule has 0 spiro atoms. The molecule has 2 N–H and O–H groups in total. The fourth-order valence-corrected chi connectivity index (χ4v) is 2.07. The van der Waals surface area contributed by atoms with Gasteiger partial charge in [-0.1, -0.05) is 0 Å². The highest BCUT2D eigenvalue weighted by Crippen LogP contribution is 2.31. The van der Waals surface area contributed by atoms with Crippen LogP contribution in [0.1, 0.15) is 19.8 Å². The number of fused-ring (bicyclic) bond motifs is 1. The molecule has 2 rings (SSSR count). The third-order valence-corrected chi connectivity index (χ3v) is 2.63. The summed E-state index contributed by atoms with van der Waals surface area (Å²) in [5.74, 6) is 0.0808. The van der Waals surface area contributed by atoms with Crippen molar-refractivity contribution in [3.63, 3.8) is 0 Å². The van der Waals surface area contributed by atoms with E-state index in [1.807, 2.05) is 6.92 Å². The van der Waals surface area contributed by atoms with Crippen molar-refractivity contribution in [2.24, 2.45) is 10.9 Å². The zero-order chi connectivity index (χ0) is 8.72. The lowest BCUT2D eigenvalue weighted by atomic mass is 10.1. The summed E-state index contributed by atoms with van der Waals surface area (Å²) in [6.45, 7) is 1.92. The highest BCUT2D eigenvalue weighted by molar-refractivity contribution is 5.82. The highest BCUT2D eigenvalue weighted by atomic mass is 16.4. The Bertz CT molecular complexity index is 249. The van der Waals surface area contributed by atoms with E-state index in [9.17, 15) is 4.79 Å². The molecule has 3 atom stereocenters. The summed E-state index contributed by atoms with van der Waals surface area (Å²) >= 11 is 0. The summed E-state index contributed by atoms with van der Waals surface area (Å²) in [6, 6.07) is 0.497. The summed E-state index contributed by atoms with van der Waals surface area (Å²) in [5, 5.41) is 11.9. The van der Waals surface area contributed by atoms with Crippen LogP contribution in [0, 0.1) is 5.92 Å². The molecule has 1 aliphatic heterocycles. The van der Waals surface area contributed by atoms with Crippen LogP contribution >= 0.6 is 0 Å². The van der Waals surface area contributed by atoms with E-state index in [1.54, 1.807) is 0 Å². The average molecular weight is 168 g/mol. The minimum Gasteiger partial charge on any atom is -0.481 e. The molecule has 66 valence electrons. The molecular weight excluding hydrogens is 156 g/mol. The lowest BCUT2D eigenvalue weighted by Gasteiger charge is -2.07. The lowest BCUT2D eigenvalue weighted by molar-refractivity contribution is -0.141. The van der Waals surface area contributed by atoms with Gasteiger partial charge in [0.1, 0.15) is 0 Å². The molecule has 4 nitrogen and oxygen atoms in total. The first-order valence-electron chi connectivity index (χ1n) is 4.20. The fraction of sp³-hybridized carbons (Fsp3) is 0.750. The molecule has 0 radical (unpaired) electrons. The van der Waals surface area contributed by atoms with Gasteiger partial charge in [-0.25, -0.2) is 0 Å². The summed E-state index contributed by atoms with van der Waals surface area (Å²) in [7, 11) is 0. The summed E-state index contributed by atoms with van der Waals surface area (Å²) in [4.78, 5) is 15.0. The monoisotopic (exact) mass is 168 g/mol.